The Labute approximate surface area is 226 Å². The smallest absolute Gasteiger partial charge is 0.338 e. The lowest BCUT2D eigenvalue weighted by molar-refractivity contribution is -0.141. The molecule has 7 nitrogen and oxygen atoms in total. The number of carbonyl (C=O) groups excluding carboxylic acids is 2. The van der Waals surface area contributed by atoms with Gasteiger partial charge in [-0.3, -0.25) is 4.79 Å². The predicted octanol–water partition coefficient (Wildman–Crippen LogP) is 4.82. The summed E-state index contributed by atoms with van der Waals surface area (Å²) in [5.74, 6) is -0.380. The van der Waals surface area contributed by atoms with Crippen LogP contribution in [0.2, 0.25) is 5.02 Å². The predicted molar refractivity (Wildman–Crippen MR) is 147 cm³/mol. The number of amidine groups is 1. The van der Waals surface area contributed by atoms with E-state index in [1.165, 1.54) is 11.8 Å². The minimum atomic E-state index is -0.550. The number of allylic oxidation sites excluding steroid dienone is 1. The van der Waals surface area contributed by atoms with Crippen molar-refractivity contribution in [3.63, 3.8) is 0 Å². The number of fused-ring (bicyclic) bond motifs is 1. The van der Waals surface area contributed by atoms with Crippen molar-refractivity contribution in [2.24, 2.45) is 4.99 Å². The van der Waals surface area contributed by atoms with Gasteiger partial charge < -0.3 is 19.4 Å². The van der Waals surface area contributed by atoms with E-state index >= 15 is 0 Å². The van der Waals surface area contributed by atoms with Crippen molar-refractivity contribution < 1.29 is 14.3 Å². The topological polar surface area (TPSA) is 65.5 Å². The molecule has 0 N–H and O–H groups in total. The highest BCUT2D eigenvalue weighted by molar-refractivity contribution is 8.16. The number of ether oxygens (including phenoxy) is 1. The molecule has 3 heterocycles. The first-order valence-corrected chi connectivity index (χ1v) is 13.5. The minimum absolute atomic E-state index is 0.0681. The van der Waals surface area contributed by atoms with Crippen LogP contribution < -0.4 is 0 Å². The molecule has 5 rings (SSSR count). The zero-order valence-corrected chi connectivity index (χ0v) is 22.5. The Balaban J connectivity index is 1.44. The van der Waals surface area contributed by atoms with Gasteiger partial charge in [-0.1, -0.05) is 71.9 Å². The number of halogens is 1. The van der Waals surface area contributed by atoms with Gasteiger partial charge in [-0.2, -0.15) is 0 Å². The van der Waals surface area contributed by atoms with Crippen molar-refractivity contribution in [2.75, 3.05) is 33.2 Å². The zero-order chi connectivity index (χ0) is 25.9. The molecule has 192 valence electrons. The summed E-state index contributed by atoms with van der Waals surface area (Å²) in [7, 11) is 2.07. The Bertz CT molecular complexity index is 1290. The van der Waals surface area contributed by atoms with E-state index in [1.54, 1.807) is 0 Å². The lowest BCUT2D eigenvalue weighted by Crippen LogP contribution is -2.47. The van der Waals surface area contributed by atoms with E-state index in [-0.39, 0.29) is 18.9 Å². The van der Waals surface area contributed by atoms with Crippen molar-refractivity contribution in [2.45, 2.75) is 26.0 Å². The van der Waals surface area contributed by atoms with Gasteiger partial charge in [0.2, 0.25) is 5.91 Å². The first kappa shape index (κ1) is 25.6. The van der Waals surface area contributed by atoms with Crippen LogP contribution in [0.1, 0.15) is 30.5 Å². The number of hydrogen-bond donors (Lipinski definition) is 0. The summed E-state index contributed by atoms with van der Waals surface area (Å²) in [5, 5.41) is 3.22. The number of nitrogens with zero attached hydrogens (tertiary/aromatic N) is 4. The number of piperazine rings is 1. The maximum absolute atomic E-state index is 13.5. The monoisotopic (exact) mass is 536 g/mol. The van der Waals surface area contributed by atoms with Crippen LogP contribution in [-0.2, 0) is 20.9 Å². The Morgan fingerprint density at radius 2 is 1.76 bits per heavy atom. The molecule has 0 saturated carbocycles. The number of hydrogen-bond acceptors (Lipinski definition) is 7. The molecule has 0 radical (unpaired) electrons. The van der Waals surface area contributed by atoms with Gasteiger partial charge in [0, 0.05) is 36.9 Å². The van der Waals surface area contributed by atoms with Gasteiger partial charge in [-0.05, 0) is 36.6 Å². The summed E-state index contributed by atoms with van der Waals surface area (Å²) >= 11 is 8.14. The summed E-state index contributed by atoms with van der Waals surface area (Å²) in [4.78, 5) is 37.6. The molecule has 9 heteroatoms. The van der Waals surface area contributed by atoms with Crippen LogP contribution in [0, 0.1) is 0 Å². The maximum Gasteiger partial charge on any atom is 0.338 e. The van der Waals surface area contributed by atoms with Crippen molar-refractivity contribution in [3.05, 3.63) is 93.1 Å². The minimum Gasteiger partial charge on any atom is -0.457 e. The molecule has 0 aliphatic carbocycles. The van der Waals surface area contributed by atoms with E-state index < -0.39 is 12.0 Å². The highest BCUT2D eigenvalue weighted by atomic mass is 35.5. The van der Waals surface area contributed by atoms with E-state index in [4.69, 9.17) is 21.3 Å². The number of aliphatic imine (C=N–C) groups is 1. The van der Waals surface area contributed by atoms with Crippen molar-refractivity contribution >= 4 is 40.4 Å². The van der Waals surface area contributed by atoms with Gasteiger partial charge in [0.05, 0.1) is 23.7 Å². The van der Waals surface area contributed by atoms with Crippen molar-refractivity contribution in [1.29, 1.82) is 0 Å². The second-order valence-corrected chi connectivity index (χ2v) is 10.6. The first-order chi connectivity index (χ1) is 17.9. The fourth-order valence-corrected chi connectivity index (χ4v) is 5.95. The second-order valence-electron chi connectivity index (χ2n) is 9.34. The number of carbonyl (C=O) groups is 2. The normalized spacial score (nSPS) is 19.9. The fraction of sp³-hybridized carbons (Fsp3) is 0.321. The van der Waals surface area contributed by atoms with E-state index in [2.05, 4.69) is 11.9 Å². The molecule has 0 spiro atoms. The van der Waals surface area contributed by atoms with Crippen molar-refractivity contribution in [3.8, 4) is 0 Å². The SMILES string of the molecule is CC1=C(C(=O)OCc2ccccc2)C(c2ccccc2Cl)N2C(CC(=O)N3CCN(C)CC3)=CSC2=N1. The van der Waals surface area contributed by atoms with Crippen LogP contribution in [0.15, 0.2) is 82.0 Å². The lowest BCUT2D eigenvalue weighted by Gasteiger charge is -2.37. The number of benzene rings is 2. The largest absolute Gasteiger partial charge is 0.457 e. The molecule has 0 bridgehead atoms. The molecule has 1 amide bonds. The molecule has 1 saturated heterocycles. The third-order valence-electron chi connectivity index (χ3n) is 6.82. The van der Waals surface area contributed by atoms with Gasteiger partial charge in [0.25, 0.3) is 0 Å². The molecular weight excluding hydrogens is 508 g/mol. The molecule has 2 aromatic rings. The Morgan fingerprint density at radius 3 is 2.49 bits per heavy atom. The van der Waals surface area contributed by atoms with Gasteiger partial charge in [-0.25, -0.2) is 9.79 Å². The summed E-state index contributed by atoms with van der Waals surface area (Å²) in [6.45, 7) is 5.11. The molecule has 2 aromatic carbocycles. The number of likely N-dealkylation sites (N-methyl/N-ethyl adjacent to an activating group) is 1. The lowest BCUT2D eigenvalue weighted by atomic mass is 9.93. The van der Waals surface area contributed by atoms with Gasteiger partial charge in [0.1, 0.15) is 6.61 Å². The van der Waals surface area contributed by atoms with Crippen LogP contribution >= 0.6 is 23.4 Å². The molecular formula is C28H29ClN4O3S. The Kier molecular flexibility index (Phi) is 7.69. The van der Waals surface area contributed by atoms with E-state index in [0.29, 0.717) is 29.4 Å². The van der Waals surface area contributed by atoms with E-state index in [1.807, 2.05) is 76.7 Å². The first-order valence-electron chi connectivity index (χ1n) is 12.3. The summed E-state index contributed by atoms with van der Waals surface area (Å²) in [6, 6.07) is 16.5. The summed E-state index contributed by atoms with van der Waals surface area (Å²) in [6.07, 6.45) is 0.224. The highest BCUT2D eigenvalue weighted by Gasteiger charge is 2.42. The van der Waals surface area contributed by atoms with E-state index in [9.17, 15) is 9.59 Å². The van der Waals surface area contributed by atoms with Gasteiger partial charge in [-0.15, -0.1) is 0 Å². The summed E-state index contributed by atoms with van der Waals surface area (Å²) in [5.41, 5.74) is 3.48. The Hall–Kier alpha value is -3.07. The third kappa shape index (κ3) is 5.46. The van der Waals surface area contributed by atoms with Crippen molar-refractivity contribution in [1.82, 2.24) is 14.7 Å². The summed E-state index contributed by atoms with van der Waals surface area (Å²) < 4.78 is 5.76. The zero-order valence-electron chi connectivity index (χ0n) is 20.9. The average molecular weight is 537 g/mol. The standard InChI is InChI=1S/C28H29ClN4O3S/c1-19-25(27(35)36-17-20-8-4-3-5-9-20)26(22-10-6-7-11-23(22)29)33-21(18-37-28(33)30-19)16-24(34)32-14-12-31(2)13-15-32/h3-11,18,26H,12-17H2,1-2H3. The second kappa shape index (κ2) is 11.1. The third-order valence-corrected chi connectivity index (χ3v) is 8.05. The van der Waals surface area contributed by atoms with Gasteiger partial charge in [0.15, 0.2) is 5.17 Å². The maximum atomic E-state index is 13.5. The van der Waals surface area contributed by atoms with Crippen LogP contribution in [0.3, 0.4) is 0 Å². The fourth-order valence-electron chi connectivity index (χ4n) is 4.75. The van der Waals surface area contributed by atoms with Crippen LogP contribution in [0.25, 0.3) is 0 Å². The van der Waals surface area contributed by atoms with Gasteiger partial charge >= 0.3 is 5.97 Å². The number of thioether (sulfide) groups is 1. The molecule has 1 atom stereocenters. The quantitative estimate of drug-likeness (QED) is 0.493. The van der Waals surface area contributed by atoms with Crippen LogP contribution in [0.4, 0.5) is 0 Å². The molecule has 3 aliphatic rings. The molecule has 3 aliphatic heterocycles. The molecule has 1 unspecified atom stereocenters. The number of esters is 1. The van der Waals surface area contributed by atoms with E-state index in [0.717, 1.165) is 35.1 Å². The van der Waals surface area contributed by atoms with Crippen LogP contribution in [-0.4, -0.2) is 65.0 Å². The van der Waals surface area contributed by atoms with Crippen LogP contribution in [0.5, 0.6) is 0 Å². The highest BCUT2D eigenvalue weighted by Crippen LogP contribution is 2.46. The molecule has 1 fully saturated rings. The molecule has 0 aromatic heterocycles. The Morgan fingerprint density at radius 1 is 1.05 bits per heavy atom. The molecule has 37 heavy (non-hydrogen) atoms. The number of amides is 1. The number of rotatable bonds is 6. The average Bonchev–Trinajstić information content (AvgIpc) is 3.29.